The number of carboxylic acid groups (broad SMARTS) is 1. The summed E-state index contributed by atoms with van der Waals surface area (Å²) >= 11 is 12.5. The second kappa shape index (κ2) is 13.5. The van der Waals surface area contributed by atoms with Gasteiger partial charge in [-0.05, 0) is 32.6 Å². The highest BCUT2D eigenvalue weighted by molar-refractivity contribution is 6.39. The molecule has 6 heteroatoms. The molecule has 24 heavy (non-hydrogen) atoms. The van der Waals surface area contributed by atoms with Crippen molar-refractivity contribution in [3.63, 3.8) is 0 Å². The maximum atomic E-state index is 12.0. The number of allylic oxidation sites excluding steroid dienone is 2. The van der Waals surface area contributed by atoms with E-state index in [1.807, 2.05) is 6.92 Å². The maximum Gasteiger partial charge on any atom is 0.309 e. The minimum atomic E-state index is -0.862. The summed E-state index contributed by atoms with van der Waals surface area (Å²) in [7, 11) is 0. The number of rotatable bonds is 13. The van der Waals surface area contributed by atoms with Gasteiger partial charge in [0.05, 0.1) is 18.4 Å². The zero-order valence-corrected chi connectivity index (χ0v) is 16.5. The molecule has 0 aliphatic heterocycles. The second-order valence-electron chi connectivity index (χ2n) is 5.99. The smallest absolute Gasteiger partial charge is 0.309 e. The van der Waals surface area contributed by atoms with Crippen molar-refractivity contribution in [2.24, 2.45) is 11.8 Å². The van der Waals surface area contributed by atoms with Crippen LogP contribution in [0.25, 0.3) is 0 Å². The zero-order valence-electron chi connectivity index (χ0n) is 14.9. The number of carbonyl (C=O) groups is 2. The van der Waals surface area contributed by atoms with Crippen molar-refractivity contribution in [2.75, 3.05) is 6.61 Å². The molecule has 140 valence electrons. The summed E-state index contributed by atoms with van der Waals surface area (Å²) in [5, 5.41) is 10.00. The van der Waals surface area contributed by atoms with E-state index in [9.17, 15) is 14.7 Å². The third-order valence-electron chi connectivity index (χ3n) is 3.93. The number of aliphatic carboxylic acids is 1. The molecule has 0 aliphatic rings. The fraction of sp³-hybridized carbons (Fsp3) is 0.778. The van der Waals surface area contributed by atoms with Gasteiger partial charge in [0.2, 0.25) is 0 Å². The largest absolute Gasteiger partial charge is 0.481 e. The van der Waals surface area contributed by atoms with Gasteiger partial charge in [0.25, 0.3) is 0 Å². The summed E-state index contributed by atoms with van der Waals surface area (Å²) < 4.78 is 5.10. The Balaban J connectivity index is 4.93. The average Bonchev–Trinajstić information content (AvgIpc) is 2.54. The average molecular weight is 381 g/mol. The highest BCUT2D eigenvalue weighted by Crippen LogP contribution is 2.31. The molecule has 2 atom stereocenters. The Morgan fingerprint density at radius 1 is 0.917 bits per heavy atom. The predicted octanol–water partition coefficient (Wildman–Crippen LogP) is 5.72. The van der Waals surface area contributed by atoms with Gasteiger partial charge >= 0.3 is 11.9 Å². The molecule has 0 radical (unpaired) electrons. The summed E-state index contributed by atoms with van der Waals surface area (Å²) in [6.45, 7) is 6.16. The van der Waals surface area contributed by atoms with Crippen molar-refractivity contribution in [3.05, 3.63) is 10.1 Å². The van der Waals surface area contributed by atoms with Crippen molar-refractivity contribution in [1.82, 2.24) is 0 Å². The van der Waals surface area contributed by atoms with E-state index in [4.69, 9.17) is 27.9 Å². The number of esters is 1. The lowest BCUT2D eigenvalue weighted by Crippen LogP contribution is -2.18. The third kappa shape index (κ3) is 9.53. The lowest BCUT2D eigenvalue weighted by Gasteiger charge is -2.17. The van der Waals surface area contributed by atoms with Gasteiger partial charge in [-0.15, -0.1) is 0 Å². The van der Waals surface area contributed by atoms with Crippen LogP contribution in [0.5, 0.6) is 0 Å². The lowest BCUT2D eigenvalue weighted by molar-refractivity contribution is -0.148. The molecule has 1 N–H and O–H groups in total. The standard InChI is InChI=1S/C18H30Cl2O4/c1-4-7-9-13(17(21)22)11-15(19)16(20)12-14(10-8-5-2)18(23)24-6-3/h13-14H,4-12H2,1-3H3,(H,21,22). The molecule has 0 aromatic heterocycles. The minimum absolute atomic E-state index is 0.207. The number of unbranched alkanes of at least 4 members (excludes halogenated alkanes) is 2. The predicted molar refractivity (Wildman–Crippen MR) is 98.3 cm³/mol. The monoisotopic (exact) mass is 380 g/mol. The highest BCUT2D eigenvalue weighted by atomic mass is 35.5. The van der Waals surface area contributed by atoms with Crippen LogP contribution in [0.3, 0.4) is 0 Å². The molecule has 0 saturated carbocycles. The summed E-state index contributed by atoms with van der Waals surface area (Å²) in [6, 6.07) is 0. The molecule has 0 fully saturated rings. The minimum Gasteiger partial charge on any atom is -0.481 e. The van der Waals surface area contributed by atoms with E-state index in [-0.39, 0.29) is 18.3 Å². The number of carbonyl (C=O) groups excluding carboxylic acids is 1. The van der Waals surface area contributed by atoms with Gasteiger partial charge in [-0.25, -0.2) is 0 Å². The Morgan fingerprint density at radius 3 is 1.79 bits per heavy atom. The first-order chi connectivity index (χ1) is 11.4. The van der Waals surface area contributed by atoms with Gasteiger partial charge in [-0.2, -0.15) is 0 Å². The second-order valence-corrected chi connectivity index (χ2v) is 6.90. The molecule has 4 nitrogen and oxygen atoms in total. The topological polar surface area (TPSA) is 63.6 Å². The van der Waals surface area contributed by atoms with Crippen molar-refractivity contribution in [1.29, 1.82) is 0 Å². The third-order valence-corrected chi connectivity index (χ3v) is 4.79. The van der Waals surface area contributed by atoms with Crippen molar-refractivity contribution >= 4 is 35.1 Å². The molecule has 0 bridgehead atoms. The van der Waals surface area contributed by atoms with E-state index < -0.39 is 11.9 Å². The molecule has 0 aliphatic carbocycles. The van der Waals surface area contributed by atoms with Crippen LogP contribution in [0, 0.1) is 11.8 Å². The number of carboxylic acids is 1. The Kier molecular flexibility index (Phi) is 13.1. The highest BCUT2D eigenvalue weighted by Gasteiger charge is 2.24. The summed E-state index contributed by atoms with van der Waals surface area (Å²) in [4.78, 5) is 23.4. The molecule has 0 amide bonds. The first-order valence-electron chi connectivity index (χ1n) is 8.79. The summed E-state index contributed by atoms with van der Waals surface area (Å²) in [6.07, 6.45) is 5.42. The van der Waals surface area contributed by atoms with Crippen LogP contribution in [-0.4, -0.2) is 23.7 Å². The summed E-state index contributed by atoms with van der Waals surface area (Å²) in [5.74, 6) is -2.00. The Morgan fingerprint density at radius 2 is 1.38 bits per heavy atom. The van der Waals surface area contributed by atoms with Crippen LogP contribution in [0.15, 0.2) is 10.1 Å². The fourth-order valence-electron chi connectivity index (χ4n) is 2.43. The van der Waals surface area contributed by atoms with Gasteiger partial charge in [-0.3, -0.25) is 9.59 Å². The SMILES string of the molecule is CCCCC(CC(Cl)=C(Cl)CC(CCCC)C(=O)OCC)C(=O)O. The van der Waals surface area contributed by atoms with E-state index in [0.717, 1.165) is 25.7 Å². The van der Waals surface area contributed by atoms with Crippen LogP contribution in [0.1, 0.15) is 72.1 Å². The Bertz CT molecular complexity index is 421. The van der Waals surface area contributed by atoms with Crippen LogP contribution in [-0.2, 0) is 14.3 Å². The van der Waals surface area contributed by atoms with E-state index in [1.165, 1.54) is 0 Å². The molecule has 0 rings (SSSR count). The maximum absolute atomic E-state index is 12.0. The quantitative estimate of drug-likeness (QED) is 0.415. The molecule has 0 spiro atoms. The molecular formula is C18H30Cl2O4. The van der Waals surface area contributed by atoms with E-state index in [1.54, 1.807) is 6.92 Å². The number of ether oxygens (including phenoxy) is 1. The van der Waals surface area contributed by atoms with Crippen LogP contribution in [0.4, 0.5) is 0 Å². The molecule has 0 heterocycles. The van der Waals surface area contributed by atoms with Crippen molar-refractivity contribution < 1.29 is 19.4 Å². The number of hydrogen-bond acceptors (Lipinski definition) is 3. The first kappa shape index (κ1) is 23.3. The Labute approximate surface area is 155 Å². The van der Waals surface area contributed by atoms with Crippen molar-refractivity contribution in [3.8, 4) is 0 Å². The van der Waals surface area contributed by atoms with Gasteiger partial charge in [-0.1, -0.05) is 62.7 Å². The van der Waals surface area contributed by atoms with Gasteiger partial charge in [0, 0.05) is 10.1 Å². The van der Waals surface area contributed by atoms with Crippen molar-refractivity contribution in [2.45, 2.75) is 72.1 Å². The molecule has 0 saturated heterocycles. The van der Waals surface area contributed by atoms with Gasteiger partial charge in [0.1, 0.15) is 0 Å². The fourth-order valence-corrected chi connectivity index (χ4v) is 2.96. The number of halogens is 2. The normalized spacial score (nSPS) is 14.7. The summed E-state index contributed by atoms with van der Waals surface area (Å²) in [5.41, 5.74) is 0. The van der Waals surface area contributed by atoms with E-state index in [2.05, 4.69) is 6.92 Å². The number of hydrogen-bond donors (Lipinski definition) is 1. The van der Waals surface area contributed by atoms with E-state index in [0.29, 0.717) is 35.9 Å². The van der Waals surface area contributed by atoms with Gasteiger partial charge in [0.15, 0.2) is 0 Å². The zero-order chi connectivity index (χ0) is 18.5. The molecular weight excluding hydrogens is 351 g/mol. The van der Waals surface area contributed by atoms with Crippen LogP contribution in [0.2, 0.25) is 0 Å². The molecule has 0 aromatic carbocycles. The van der Waals surface area contributed by atoms with Crippen LogP contribution >= 0.6 is 23.2 Å². The lowest BCUT2D eigenvalue weighted by atomic mass is 9.95. The molecule has 0 aromatic rings. The van der Waals surface area contributed by atoms with Crippen LogP contribution < -0.4 is 0 Å². The van der Waals surface area contributed by atoms with E-state index >= 15 is 0 Å². The van der Waals surface area contributed by atoms with Gasteiger partial charge < -0.3 is 9.84 Å². The molecule has 2 unspecified atom stereocenters. The Hall–Kier alpha value is -0.740. The first-order valence-corrected chi connectivity index (χ1v) is 9.55.